The van der Waals surface area contributed by atoms with Gasteiger partial charge in [0.15, 0.2) is 11.3 Å². The van der Waals surface area contributed by atoms with E-state index in [1.54, 1.807) is 12.1 Å². The summed E-state index contributed by atoms with van der Waals surface area (Å²) in [5.41, 5.74) is 2.61. The molecule has 0 atom stereocenters. The Kier molecular flexibility index (Phi) is 4.88. The molecule has 1 saturated carbocycles. The first-order chi connectivity index (χ1) is 15.4. The summed E-state index contributed by atoms with van der Waals surface area (Å²) in [7, 11) is 0. The molecule has 4 heterocycles. The van der Waals surface area contributed by atoms with Crippen molar-refractivity contribution in [3.8, 4) is 0 Å². The van der Waals surface area contributed by atoms with Gasteiger partial charge in [-0.3, -0.25) is 4.79 Å². The summed E-state index contributed by atoms with van der Waals surface area (Å²) >= 11 is 0. The second kappa shape index (κ2) is 7.74. The van der Waals surface area contributed by atoms with Crippen molar-refractivity contribution in [3.05, 3.63) is 64.7 Å². The number of rotatable bonds is 3. The SMILES string of the molecule is Cc1cccc(Nc2cc(N=c3cc(C)c4c(n3O)C3(CCCCC3)NC4=O)ncn2)n1. The molecule has 164 valence electrons. The lowest BCUT2D eigenvalue weighted by Gasteiger charge is -2.34. The number of fused-ring (bicyclic) bond motifs is 2. The molecule has 1 aliphatic heterocycles. The van der Waals surface area contributed by atoms with Crippen LogP contribution in [0.3, 0.4) is 0 Å². The van der Waals surface area contributed by atoms with Gasteiger partial charge in [-0.2, -0.15) is 4.73 Å². The number of carbonyl (C=O) groups excluding carboxylic acids is 1. The molecule has 0 saturated heterocycles. The number of nitrogens with zero attached hydrogens (tertiary/aromatic N) is 5. The van der Waals surface area contributed by atoms with Gasteiger partial charge in [-0.1, -0.05) is 25.3 Å². The van der Waals surface area contributed by atoms with Gasteiger partial charge >= 0.3 is 0 Å². The average Bonchev–Trinajstić information content (AvgIpc) is 3.04. The molecule has 0 bridgehead atoms. The number of pyridine rings is 2. The van der Waals surface area contributed by atoms with E-state index in [1.165, 1.54) is 6.33 Å². The zero-order valence-corrected chi connectivity index (χ0v) is 18.1. The topological polar surface area (TPSA) is 117 Å². The summed E-state index contributed by atoms with van der Waals surface area (Å²) in [6.07, 6.45) is 6.17. The van der Waals surface area contributed by atoms with E-state index in [0.29, 0.717) is 34.2 Å². The third-order valence-corrected chi connectivity index (χ3v) is 6.17. The molecular weight excluding hydrogens is 406 g/mol. The van der Waals surface area contributed by atoms with Crippen molar-refractivity contribution in [1.82, 2.24) is 25.0 Å². The minimum Gasteiger partial charge on any atom is -0.427 e. The van der Waals surface area contributed by atoms with Crippen LogP contribution in [0, 0.1) is 13.8 Å². The quantitative estimate of drug-likeness (QED) is 0.547. The zero-order chi connectivity index (χ0) is 22.3. The summed E-state index contributed by atoms with van der Waals surface area (Å²) in [5.74, 6) is 1.46. The van der Waals surface area contributed by atoms with Crippen molar-refractivity contribution in [2.75, 3.05) is 5.32 Å². The molecule has 1 spiro atoms. The summed E-state index contributed by atoms with van der Waals surface area (Å²) in [6, 6.07) is 9.07. The Morgan fingerprint density at radius 1 is 1.12 bits per heavy atom. The molecule has 3 aromatic rings. The van der Waals surface area contributed by atoms with Gasteiger partial charge in [0.1, 0.15) is 18.0 Å². The van der Waals surface area contributed by atoms with Gasteiger partial charge in [0.2, 0.25) is 0 Å². The Bertz CT molecular complexity index is 1280. The molecule has 5 rings (SSSR count). The van der Waals surface area contributed by atoms with Gasteiger partial charge in [-0.05, 0) is 50.5 Å². The van der Waals surface area contributed by atoms with E-state index >= 15 is 0 Å². The van der Waals surface area contributed by atoms with Gasteiger partial charge in [0.25, 0.3) is 5.91 Å². The number of nitrogens with one attached hydrogen (secondary N) is 2. The Morgan fingerprint density at radius 3 is 2.72 bits per heavy atom. The molecule has 9 heteroatoms. The van der Waals surface area contributed by atoms with Gasteiger partial charge in [0.05, 0.1) is 16.8 Å². The van der Waals surface area contributed by atoms with Crippen LogP contribution in [0.15, 0.2) is 41.7 Å². The van der Waals surface area contributed by atoms with Crippen molar-refractivity contribution in [2.45, 2.75) is 51.5 Å². The number of aromatic nitrogens is 4. The Balaban J connectivity index is 1.56. The van der Waals surface area contributed by atoms with Crippen LogP contribution in [-0.4, -0.2) is 30.8 Å². The fourth-order valence-corrected chi connectivity index (χ4v) is 4.74. The summed E-state index contributed by atoms with van der Waals surface area (Å²) in [6.45, 7) is 3.79. The van der Waals surface area contributed by atoms with Gasteiger partial charge in [0, 0.05) is 11.8 Å². The largest absolute Gasteiger partial charge is 0.427 e. The molecule has 2 aliphatic rings. The van der Waals surface area contributed by atoms with E-state index < -0.39 is 5.54 Å². The van der Waals surface area contributed by atoms with E-state index in [1.807, 2.05) is 32.0 Å². The van der Waals surface area contributed by atoms with Crippen molar-refractivity contribution in [3.63, 3.8) is 0 Å². The van der Waals surface area contributed by atoms with Gasteiger partial charge < -0.3 is 15.8 Å². The van der Waals surface area contributed by atoms with E-state index in [9.17, 15) is 10.0 Å². The zero-order valence-electron chi connectivity index (χ0n) is 18.1. The number of amides is 1. The lowest BCUT2D eigenvalue weighted by Crippen LogP contribution is -2.43. The predicted molar refractivity (Wildman–Crippen MR) is 118 cm³/mol. The molecule has 0 aromatic carbocycles. The fourth-order valence-electron chi connectivity index (χ4n) is 4.74. The molecule has 3 N–H and O–H groups in total. The highest BCUT2D eigenvalue weighted by Crippen LogP contribution is 2.42. The highest BCUT2D eigenvalue weighted by atomic mass is 16.5. The van der Waals surface area contributed by atoms with Crippen LogP contribution in [0.2, 0.25) is 0 Å². The minimum absolute atomic E-state index is 0.132. The van der Waals surface area contributed by atoms with Crippen LogP contribution >= 0.6 is 0 Å². The molecular formula is C23H25N7O2. The lowest BCUT2D eigenvalue weighted by molar-refractivity contribution is 0.0892. The third-order valence-electron chi connectivity index (χ3n) is 6.17. The van der Waals surface area contributed by atoms with Crippen LogP contribution < -0.4 is 16.1 Å². The summed E-state index contributed by atoms with van der Waals surface area (Å²) in [4.78, 5) is 30.2. The molecule has 0 unspecified atom stereocenters. The smallest absolute Gasteiger partial charge is 0.254 e. The normalized spacial score (nSPS) is 17.3. The molecule has 3 aromatic heterocycles. The second-order valence-corrected chi connectivity index (χ2v) is 8.48. The van der Waals surface area contributed by atoms with Gasteiger partial charge in [-0.25, -0.2) is 19.9 Å². The molecule has 1 amide bonds. The number of hydrogen-bond acceptors (Lipinski definition) is 7. The molecule has 1 fully saturated rings. The standard InChI is InChI=1S/C23H25N7O2/c1-14-11-19(30(32)21-20(14)22(31)29-23(21)9-4-3-5-10-23)28-18-12-17(24-13-25-18)27-16-8-6-7-15(2)26-16/h6-8,11-13,32H,3-5,9-10H2,1-2H3,(H,29,31)(H,24,25,26,27). The predicted octanol–water partition coefficient (Wildman–Crippen LogP) is 3.41. The fraction of sp³-hybridized carbons (Fsp3) is 0.348. The van der Waals surface area contributed by atoms with E-state index in [0.717, 1.165) is 48.1 Å². The third kappa shape index (κ3) is 3.49. The van der Waals surface area contributed by atoms with Crippen LogP contribution in [-0.2, 0) is 5.54 Å². The van der Waals surface area contributed by atoms with Gasteiger partial charge in [-0.15, -0.1) is 0 Å². The molecule has 1 aliphatic carbocycles. The van der Waals surface area contributed by atoms with E-state index in [2.05, 4.69) is 30.6 Å². The maximum atomic E-state index is 12.7. The first-order valence-electron chi connectivity index (χ1n) is 10.8. The van der Waals surface area contributed by atoms with Crippen molar-refractivity contribution < 1.29 is 10.0 Å². The maximum Gasteiger partial charge on any atom is 0.254 e. The molecule has 32 heavy (non-hydrogen) atoms. The summed E-state index contributed by atoms with van der Waals surface area (Å²) < 4.78 is 1.06. The molecule has 0 radical (unpaired) electrons. The number of carbonyl (C=O) groups is 1. The van der Waals surface area contributed by atoms with E-state index in [-0.39, 0.29) is 5.91 Å². The Hall–Kier alpha value is -3.75. The van der Waals surface area contributed by atoms with Crippen LogP contribution in [0.4, 0.5) is 17.5 Å². The number of hydrogen-bond donors (Lipinski definition) is 3. The average molecular weight is 432 g/mol. The molecule has 9 nitrogen and oxygen atoms in total. The number of aryl methyl sites for hydroxylation is 2. The van der Waals surface area contributed by atoms with E-state index in [4.69, 9.17) is 0 Å². The Morgan fingerprint density at radius 2 is 1.94 bits per heavy atom. The monoisotopic (exact) mass is 431 g/mol. The number of anilines is 2. The summed E-state index contributed by atoms with van der Waals surface area (Å²) in [5, 5.41) is 17.4. The lowest BCUT2D eigenvalue weighted by atomic mass is 9.79. The first kappa shape index (κ1) is 20.2. The Labute approximate surface area is 185 Å². The minimum atomic E-state index is -0.537. The van der Waals surface area contributed by atoms with Crippen LogP contribution in [0.25, 0.3) is 0 Å². The highest BCUT2D eigenvalue weighted by Gasteiger charge is 2.47. The second-order valence-electron chi connectivity index (χ2n) is 8.48. The van der Waals surface area contributed by atoms with Crippen molar-refractivity contribution >= 4 is 23.4 Å². The van der Waals surface area contributed by atoms with Crippen molar-refractivity contribution in [2.24, 2.45) is 4.99 Å². The van der Waals surface area contributed by atoms with Crippen molar-refractivity contribution in [1.29, 1.82) is 0 Å². The maximum absolute atomic E-state index is 12.7. The first-order valence-corrected chi connectivity index (χ1v) is 10.8. The van der Waals surface area contributed by atoms with Crippen LogP contribution in [0.1, 0.15) is 59.4 Å². The van der Waals surface area contributed by atoms with Crippen LogP contribution in [0.5, 0.6) is 0 Å². The highest BCUT2D eigenvalue weighted by molar-refractivity contribution is 6.00.